The minimum absolute atomic E-state index is 0.00618. The Morgan fingerprint density at radius 1 is 0.944 bits per heavy atom. The molecular weight excluding hydrogens is 701 g/mol. The van der Waals surface area contributed by atoms with E-state index in [0.717, 1.165) is 58.0 Å². The molecule has 1 atom stereocenters. The standard InChI is InChI=1S/C42H48N4O7Si/c1-42(2,3)54(4,5)53-37(30-16-20-35(47)39-31(30)17-21-38(48)45-39)26-43-25-28-15-19-34-36(24-28)52-41(51)46(34)22-10-9-11-27-14-18-33(44-40(49)50)32(23-27)29-12-7-6-8-13-29/h6-8,12-21,23-24,37,43-44,47H,9-11,22,25-26H2,1-5H3,(H,45,48)(H,49,50). The number of aromatic hydroxyl groups is 1. The quantitative estimate of drug-likeness (QED) is 0.0546. The van der Waals surface area contributed by atoms with Gasteiger partial charge < -0.3 is 29.4 Å². The summed E-state index contributed by atoms with van der Waals surface area (Å²) in [4.78, 5) is 39.2. The molecule has 0 saturated heterocycles. The van der Waals surface area contributed by atoms with Crippen LogP contribution in [-0.4, -0.2) is 40.7 Å². The van der Waals surface area contributed by atoms with E-state index >= 15 is 0 Å². The Morgan fingerprint density at radius 2 is 1.70 bits per heavy atom. The molecule has 0 aliphatic carbocycles. The molecule has 12 heteroatoms. The summed E-state index contributed by atoms with van der Waals surface area (Å²) >= 11 is 0. The average molecular weight is 749 g/mol. The molecule has 0 aliphatic heterocycles. The number of phenols is 1. The number of aromatic amines is 1. The van der Waals surface area contributed by atoms with E-state index in [9.17, 15) is 24.6 Å². The number of fused-ring (bicyclic) bond motifs is 2. The Bertz CT molecular complexity index is 2390. The number of aryl methyl sites for hydroxylation is 2. The average Bonchev–Trinajstić information content (AvgIpc) is 3.43. The Hall–Kier alpha value is -5.43. The van der Waals surface area contributed by atoms with Gasteiger partial charge in [0.15, 0.2) is 13.9 Å². The van der Waals surface area contributed by atoms with Crippen LogP contribution in [-0.2, 0) is 23.9 Å². The molecule has 0 saturated carbocycles. The van der Waals surface area contributed by atoms with Crippen molar-refractivity contribution >= 4 is 42.1 Å². The number of carboxylic acid groups (broad SMARTS) is 1. The predicted octanol–water partition coefficient (Wildman–Crippen LogP) is 8.77. The molecule has 2 heterocycles. The highest BCUT2D eigenvalue weighted by Gasteiger charge is 2.39. The van der Waals surface area contributed by atoms with Crippen molar-refractivity contribution in [3.05, 3.63) is 129 Å². The van der Waals surface area contributed by atoms with Gasteiger partial charge in [-0.15, -0.1) is 0 Å². The van der Waals surface area contributed by atoms with Crippen LogP contribution < -0.4 is 21.9 Å². The van der Waals surface area contributed by atoms with Crippen molar-refractivity contribution in [2.45, 2.75) is 77.4 Å². The van der Waals surface area contributed by atoms with Crippen LogP contribution in [0.5, 0.6) is 5.75 Å². The van der Waals surface area contributed by atoms with Crippen molar-refractivity contribution in [3.8, 4) is 16.9 Å². The number of nitrogens with one attached hydrogen (secondary N) is 3. The van der Waals surface area contributed by atoms with Gasteiger partial charge in [-0.05, 0) is 96.0 Å². The highest BCUT2D eigenvalue weighted by Crippen LogP contribution is 2.41. The number of hydrogen-bond donors (Lipinski definition) is 5. The van der Waals surface area contributed by atoms with Crippen molar-refractivity contribution in [3.63, 3.8) is 0 Å². The summed E-state index contributed by atoms with van der Waals surface area (Å²) in [5.74, 6) is -0.391. The van der Waals surface area contributed by atoms with Crippen LogP contribution in [0, 0.1) is 0 Å². The van der Waals surface area contributed by atoms with Crippen LogP contribution in [0.15, 0.2) is 105 Å². The number of aromatic nitrogens is 2. The van der Waals surface area contributed by atoms with Gasteiger partial charge in [-0.2, -0.15) is 0 Å². The van der Waals surface area contributed by atoms with Gasteiger partial charge in [0.1, 0.15) is 5.75 Å². The zero-order valence-electron chi connectivity index (χ0n) is 31.4. The molecule has 0 fully saturated rings. The molecule has 1 amide bonds. The van der Waals surface area contributed by atoms with Crippen LogP contribution in [0.25, 0.3) is 33.1 Å². The number of phenolic OH excluding ortho intramolecular Hbond substituents is 1. The summed E-state index contributed by atoms with van der Waals surface area (Å²) < 4.78 is 14.3. The second kappa shape index (κ2) is 15.9. The third kappa shape index (κ3) is 8.68. The summed E-state index contributed by atoms with van der Waals surface area (Å²) in [6.07, 6.45) is 0.883. The molecule has 6 aromatic rings. The Labute approximate surface area is 314 Å². The zero-order valence-corrected chi connectivity index (χ0v) is 32.4. The fraction of sp³-hybridized carbons (Fsp3) is 0.310. The van der Waals surface area contributed by atoms with Crippen LogP contribution >= 0.6 is 0 Å². The molecular formula is C42H48N4O7Si. The predicted molar refractivity (Wildman–Crippen MR) is 216 cm³/mol. The molecule has 1 unspecified atom stereocenters. The molecule has 6 rings (SSSR count). The number of oxazole rings is 1. The van der Waals surface area contributed by atoms with Crippen molar-refractivity contribution in [1.29, 1.82) is 0 Å². The molecule has 54 heavy (non-hydrogen) atoms. The first kappa shape index (κ1) is 38.3. The first-order valence-electron chi connectivity index (χ1n) is 18.2. The van der Waals surface area contributed by atoms with Crippen molar-refractivity contribution < 1.29 is 23.9 Å². The number of rotatable bonds is 14. The molecule has 0 bridgehead atoms. The molecule has 2 aromatic heterocycles. The van der Waals surface area contributed by atoms with Crippen LogP contribution in [0.2, 0.25) is 18.1 Å². The van der Waals surface area contributed by atoms with E-state index in [-0.39, 0.29) is 22.5 Å². The lowest BCUT2D eigenvalue weighted by atomic mass is 9.98. The van der Waals surface area contributed by atoms with E-state index in [1.54, 1.807) is 22.8 Å². The first-order chi connectivity index (χ1) is 25.7. The number of unbranched alkanes of at least 4 members (excludes halogenated alkanes) is 1. The number of anilines is 1. The lowest BCUT2D eigenvalue weighted by molar-refractivity contribution is 0.181. The van der Waals surface area contributed by atoms with Crippen molar-refractivity contribution in [1.82, 2.24) is 14.9 Å². The van der Waals surface area contributed by atoms with Crippen LogP contribution in [0.4, 0.5) is 10.5 Å². The van der Waals surface area contributed by atoms with Gasteiger partial charge in [0.2, 0.25) is 5.56 Å². The summed E-state index contributed by atoms with van der Waals surface area (Å²) in [6, 6.07) is 27.9. The summed E-state index contributed by atoms with van der Waals surface area (Å²) in [5, 5.41) is 26.5. The van der Waals surface area contributed by atoms with Crippen molar-refractivity contribution in [2.24, 2.45) is 0 Å². The smallest absolute Gasteiger partial charge is 0.419 e. The maximum atomic E-state index is 12.9. The number of benzene rings is 4. The summed E-state index contributed by atoms with van der Waals surface area (Å²) in [5.41, 5.74) is 6.55. The Kier molecular flexibility index (Phi) is 11.3. The maximum absolute atomic E-state index is 12.9. The van der Waals surface area contributed by atoms with Crippen molar-refractivity contribution in [2.75, 3.05) is 11.9 Å². The molecule has 5 N–H and O–H groups in total. The van der Waals surface area contributed by atoms with E-state index in [1.165, 1.54) is 6.07 Å². The van der Waals surface area contributed by atoms with Gasteiger partial charge in [0.05, 0.1) is 22.8 Å². The third-order valence-corrected chi connectivity index (χ3v) is 14.9. The minimum Gasteiger partial charge on any atom is -0.506 e. The monoisotopic (exact) mass is 748 g/mol. The summed E-state index contributed by atoms with van der Waals surface area (Å²) in [6.45, 7) is 12.4. The SMILES string of the molecule is CC(C)(C)[Si](C)(C)OC(CNCc1ccc2c(c1)oc(=O)n2CCCCc1ccc(NC(=O)O)c(-c2ccccc2)c1)c1ccc(O)c2[nH]c(=O)ccc12. The van der Waals surface area contributed by atoms with E-state index in [1.807, 2.05) is 66.7 Å². The number of H-pyrrole nitrogens is 1. The Balaban J connectivity index is 1.12. The lowest BCUT2D eigenvalue weighted by Gasteiger charge is -2.39. The van der Waals surface area contributed by atoms with Gasteiger partial charge >= 0.3 is 11.8 Å². The minimum atomic E-state index is -2.24. The largest absolute Gasteiger partial charge is 0.506 e. The second-order valence-electron chi connectivity index (χ2n) is 15.2. The Morgan fingerprint density at radius 3 is 2.44 bits per heavy atom. The molecule has 0 spiro atoms. The van der Waals surface area contributed by atoms with Gasteiger partial charge in [-0.25, -0.2) is 9.59 Å². The topological polar surface area (TPSA) is 159 Å². The highest BCUT2D eigenvalue weighted by molar-refractivity contribution is 6.74. The fourth-order valence-electron chi connectivity index (χ4n) is 6.49. The third-order valence-electron chi connectivity index (χ3n) is 10.4. The van der Waals surface area contributed by atoms with Gasteiger partial charge in [0, 0.05) is 36.7 Å². The van der Waals surface area contributed by atoms with Gasteiger partial charge in [-0.3, -0.25) is 14.7 Å². The summed E-state index contributed by atoms with van der Waals surface area (Å²) in [7, 11) is -2.24. The van der Waals surface area contributed by atoms with Gasteiger partial charge in [0.25, 0.3) is 0 Å². The van der Waals surface area contributed by atoms with E-state index < -0.39 is 20.2 Å². The van der Waals surface area contributed by atoms with E-state index in [2.05, 4.69) is 49.5 Å². The zero-order chi connectivity index (χ0) is 38.6. The molecule has 0 radical (unpaired) electrons. The van der Waals surface area contributed by atoms with Crippen LogP contribution in [0.1, 0.15) is 56.4 Å². The normalized spacial score (nSPS) is 12.7. The van der Waals surface area contributed by atoms with Gasteiger partial charge in [-0.1, -0.05) is 69.3 Å². The molecule has 11 nitrogen and oxygen atoms in total. The number of nitrogens with zero attached hydrogens (tertiary/aromatic N) is 1. The highest BCUT2D eigenvalue weighted by atomic mass is 28.4. The maximum Gasteiger partial charge on any atom is 0.419 e. The van der Waals surface area contributed by atoms with E-state index in [4.69, 9.17) is 8.84 Å². The fourth-order valence-corrected chi connectivity index (χ4v) is 7.77. The second-order valence-corrected chi connectivity index (χ2v) is 20.0. The number of amides is 1. The number of hydrogen-bond acceptors (Lipinski definition) is 7. The molecule has 0 aliphatic rings. The number of pyridine rings is 1. The first-order valence-corrected chi connectivity index (χ1v) is 21.1. The molecule has 282 valence electrons. The number of carbonyl (C=O) groups is 1. The molecule has 4 aromatic carbocycles. The van der Waals surface area contributed by atoms with E-state index in [0.29, 0.717) is 36.4 Å². The van der Waals surface area contributed by atoms with Crippen LogP contribution in [0.3, 0.4) is 0 Å². The lowest BCUT2D eigenvalue weighted by Crippen LogP contribution is -2.43.